The third-order valence-corrected chi connectivity index (χ3v) is 4.47. The number of pyridine rings is 1. The second-order valence-electron chi connectivity index (χ2n) is 7.07. The van der Waals surface area contributed by atoms with Crippen LogP contribution in [-0.2, 0) is 11.0 Å². The molecule has 2 heterocycles. The number of ketones is 1. The third kappa shape index (κ3) is 5.93. The number of anilines is 1. The topological polar surface area (TPSA) is 86.1 Å². The molecule has 3 rings (SSSR count). The van der Waals surface area contributed by atoms with E-state index in [1.165, 1.54) is 17.7 Å². The SMILES string of the molecule is CC(=O)c1ccc(OCCCC(=O)Nc2cc(C)nn2-c2ccc(C(F)(F)F)cn2)cc1. The van der Waals surface area contributed by atoms with Crippen LogP contribution in [-0.4, -0.2) is 33.1 Å². The van der Waals surface area contributed by atoms with Crippen LogP contribution in [0.1, 0.15) is 41.4 Å². The summed E-state index contributed by atoms with van der Waals surface area (Å²) in [6.07, 6.45) is -3.17. The van der Waals surface area contributed by atoms with Crippen LogP contribution in [0.5, 0.6) is 5.75 Å². The lowest BCUT2D eigenvalue weighted by molar-refractivity contribution is -0.137. The van der Waals surface area contributed by atoms with Crippen LogP contribution in [0.2, 0.25) is 0 Å². The number of benzene rings is 1. The number of nitrogens with one attached hydrogen (secondary N) is 1. The smallest absolute Gasteiger partial charge is 0.417 e. The number of aryl methyl sites for hydroxylation is 1. The van der Waals surface area contributed by atoms with Crippen LogP contribution in [0.25, 0.3) is 5.82 Å². The van der Waals surface area contributed by atoms with Gasteiger partial charge >= 0.3 is 6.18 Å². The van der Waals surface area contributed by atoms with Crippen LogP contribution >= 0.6 is 0 Å². The number of carbonyl (C=O) groups is 2. The van der Waals surface area contributed by atoms with Crippen molar-refractivity contribution in [3.8, 4) is 11.6 Å². The number of amides is 1. The predicted molar refractivity (Wildman–Crippen MR) is 111 cm³/mol. The van der Waals surface area contributed by atoms with Crippen LogP contribution in [0.15, 0.2) is 48.7 Å². The molecule has 0 aliphatic heterocycles. The Balaban J connectivity index is 1.55. The average molecular weight is 446 g/mol. The average Bonchev–Trinajstić information content (AvgIpc) is 3.11. The first-order chi connectivity index (χ1) is 15.1. The highest BCUT2D eigenvalue weighted by Crippen LogP contribution is 2.29. The number of aromatic nitrogens is 3. The van der Waals surface area contributed by atoms with Crippen molar-refractivity contribution in [3.05, 3.63) is 65.5 Å². The molecule has 0 bridgehead atoms. The molecule has 7 nitrogen and oxygen atoms in total. The lowest BCUT2D eigenvalue weighted by Crippen LogP contribution is -2.16. The number of Topliss-reactive ketones (excluding diaryl/α,β-unsaturated/α-hetero) is 1. The van der Waals surface area contributed by atoms with E-state index in [9.17, 15) is 22.8 Å². The van der Waals surface area contributed by atoms with Gasteiger partial charge in [0, 0.05) is 24.2 Å². The van der Waals surface area contributed by atoms with Crippen LogP contribution in [0, 0.1) is 6.92 Å². The maximum Gasteiger partial charge on any atom is 0.417 e. The van der Waals surface area contributed by atoms with Gasteiger partial charge in [-0.05, 0) is 56.7 Å². The van der Waals surface area contributed by atoms with E-state index in [1.54, 1.807) is 37.3 Å². The minimum Gasteiger partial charge on any atom is -0.494 e. The lowest BCUT2D eigenvalue weighted by atomic mass is 10.1. The molecule has 1 N–H and O–H groups in total. The Kier molecular flexibility index (Phi) is 6.92. The summed E-state index contributed by atoms with van der Waals surface area (Å²) in [6.45, 7) is 3.47. The summed E-state index contributed by atoms with van der Waals surface area (Å²) < 4.78 is 45.1. The molecule has 3 aromatic rings. The number of alkyl halides is 3. The summed E-state index contributed by atoms with van der Waals surface area (Å²) in [7, 11) is 0. The highest BCUT2D eigenvalue weighted by molar-refractivity contribution is 5.94. The summed E-state index contributed by atoms with van der Waals surface area (Å²) in [5.41, 5.74) is 0.289. The normalized spacial score (nSPS) is 11.3. The van der Waals surface area contributed by atoms with Gasteiger partial charge in [-0.15, -0.1) is 0 Å². The minimum atomic E-state index is -4.49. The van der Waals surface area contributed by atoms with Crippen LogP contribution < -0.4 is 10.1 Å². The van der Waals surface area contributed by atoms with Gasteiger partial charge in [0.15, 0.2) is 11.6 Å². The molecule has 1 amide bonds. The number of nitrogens with zero attached hydrogens (tertiary/aromatic N) is 3. The van der Waals surface area contributed by atoms with E-state index >= 15 is 0 Å². The van der Waals surface area contributed by atoms with E-state index in [0.717, 1.165) is 12.3 Å². The zero-order valence-electron chi connectivity index (χ0n) is 17.4. The van der Waals surface area contributed by atoms with Crippen molar-refractivity contribution in [2.45, 2.75) is 32.9 Å². The summed E-state index contributed by atoms with van der Waals surface area (Å²) >= 11 is 0. The monoisotopic (exact) mass is 446 g/mol. The fourth-order valence-electron chi connectivity index (χ4n) is 2.86. The molecular formula is C22H21F3N4O3. The van der Waals surface area contributed by atoms with E-state index in [0.29, 0.717) is 35.9 Å². The van der Waals surface area contributed by atoms with Gasteiger partial charge in [0.1, 0.15) is 11.6 Å². The summed E-state index contributed by atoms with van der Waals surface area (Å²) in [5, 5.41) is 6.89. The number of carbonyl (C=O) groups excluding carboxylic acids is 2. The zero-order chi connectivity index (χ0) is 23.3. The van der Waals surface area contributed by atoms with Crippen molar-refractivity contribution < 1.29 is 27.5 Å². The first-order valence-electron chi connectivity index (χ1n) is 9.77. The van der Waals surface area contributed by atoms with Crippen LogP contribution in [0.3, 0.4) is 0 Å². The second kappa shape index (κ2) is 9.63. The number of hydrogen-bond acceptors (Lipinski definition) is 5. The minimum absolute atomic E-state index is 0.0332. The number of halogens is 3. The van der Waals surface area contributed by atoms with Crippen molar-refractivity contribution in [2.24, 2.45) is 0 Å². The summed E-state index contributed by atoms with van der Waals surface area (Å²) in [4.78, 5) is 27.4. The third-order valence-electron chi connectivity index (χ3n) is 4.47. The molecule has 0 aliphatic carbocycles. The number of hydrogen-bond donors (Lipinski definition) is 1. The van der Waals surface area contributed by atoms with Gasteiger partial charge in [-0.3, -0.25) is 9.59 Å². The second-order valence-corrected chi connectivity index (χ2v) is 7.07. The maximum atomic E-state index is 12.7. The predicted octanol–water partition coefficient (Wildman–Crippen LogP) is 4.59. The largest absolute Gasteiger partial charge is 0.494 e. The first kappa shape index (κ1) is 23.0. The Labute approximate surface area is 182 Å². The van der Waals surface area contributed by atoms with Gasteiger partial charge in [-0.2, -0.15) is 23.0 Å². The Morgan fingerprint density at radius 1 is 1.12 bits per heavy atom. The highest BCUT2D eigenvalue weighted by Gasteiger charge is 2.30. The van der Waals surface area contributed by atoms with Gasteiger partial charge in [0.05, 0.1) is 17.9 Å². The molecule has 0 spiro atoms. The highest BCUT2D eigenvalue weighted by atomic mass is 19.4. The van der Waals surface area contributed by atoms with Gasteiger partial charge in [0.25, 0.3) is 0 Å². The standard InChI is InChI=1S/C22H21F3N4O3/c1-14-12-20(29(28-14)19-10-7-17(13-26-19)22(23,24)25)27-21(31)4-3-11-32-18-8-5-16(6-9-18)15(2)30/h5-10,12-13H,3-4,11H2,1-2H3,(H,27,31). The molecule has 0 saturated heterocycles. The molecule has 0 fully saturated rings. The molecule has 32 heavy (non-hydrogen) atoms. The van der Waals surface area contributed by atoms with Crippen LogP contribution in [0.4, 0.5) is 19.0 Å². The first-order valence-corrected chi connectivity index (χ1v) is 9.77. The molecule has 2 aromatic heterocycles. The molecule has 0 unspecified atom stereocenters. The molecule has 0 atom stereocenters. The summed E-state index contributed by atoms with van der Waals surface area (Å²) in [5.74, 6) is 0.722. The maximum absolute atomic E-state index is 12.7. The molecular weight excluding hydrogens is 425 g/mol. The van der Waals surface area contributed by atoms with Crippen molar-refractivity contribution in [1.82, 2.24) is 14.8 Å². The summed E-state index contributed by atoms with van der Waals surface area (Å²) in [6, 6.07) is 10.4. The Bertz CT molecular complexity index is 1090. The molecule has 168 valence electrons. The van der Waals surface area contributed by atoms with Gasteiger partial charge in [0.2, 0.25) is 5.91 Å². The van der Waals surface area contributed by atoms with Crippen molar-refractivity contribution in [1.29, 1.82) is 0 Å². The number of rotatable bonds is 8. The molecule has 1 aromatic carbocycles. The Hall–Kier alpha value is -3.69. The fraction of sp³-hybridized carbons (Fsp3) is 0.273. The zero-order valence-corrected chi connectivity index (χ0v) is 17.4. The molecule has 0 aliphatic rings. The molecule has 0 radical (unpaired) electrons. The van der Waals surface area contributed by atoms with Gasteiger partial charge < -0.3 is 10.1 Å². The van der Waals surface area contributed by atoms with E-state index in [4.69, 9.17) is 4.74 Å². The lowest BCUT2D eigenvalue weighted by Gasteiger charge is -2.10. The van der Waals surface area contributed by atoms with E-state index in [-0.39, 0.29) is 23.9 Å². The molecule has 10 heteroatoms. The van der Waals surface area contributed by atoms with Gasteiger partial charge in [-0.25, -0.2) is 4.98 Å². The van der Waals surface area contributed by atoms with Gasteiger partial charge in [-0.1, -0.05) is 0 Å². The quantitative estimate of drug-likeness (QED) is 0.404. The van der Waals surface area contributed by atoms with E-state index < -0.39 is 11.7 Å². The van der Waals surface area contributed by atoms with Crippen molar-refractivity contribution in [2.75, 3.05) is 11.9 Å². The van der Waals surface area contributed by atoms with Crippen molar-refractivity contribution >= 4 is 17.5 Å². The van der Waals surface area contributed by atoms with E-state index in [2.05, 4.69) is 15.4 Å². The number of ether oxygens (including phenoxy) is 1. The fourth-order valence-corrected chi connectivity index (χ4v) is 2.86. The van der Waals surface area contributed by atoms with E-state index in [1.807, 2.05) is 0 Å². The Morgan fingerprint density at radius 3 is 2.44 bits per heavy atom. The molecule has 0 saturated carbocycles. The Morgan fingerprint density at radius 2 is 1.84 bits per heavy atom. The van der Waals surface area contributed by atoms with Crippen molar-refractivity contribution in [3.63, 3.8) is 0 Å².